The molecular weight excluding hydrogens is 864 g/mol. The number of hydrogen-bond acceptors (Lipinski definition) is 15. The SMILES string of the molecule is C[C@@](CCn1cc2cc(-c3ccc(OC[C@H](O)CO)cc3F)ccc2n1)(C(=O)NO)S(C)(=O)=O.C[C@@](CCn1cc2cc(C#Cc3cncnc3)ccc2n1)(C(=O)NO)S(C)(=O)=O. The van der Waals surface area contributed by atoms with E-state index < -0.39 is 59.5 Å². The first-order valence-corrected chi connectivity index (χ1v) is 22.7. The van der Waals surface area contributed by atoms with Crippen LogP contribution >= 0.6 is 0 Å². The third-order valence-corrected chi connectivity index (χ3v) is 14.4. The van der Waals surface area contributed by atoms with E-state index in [9.17, 15) is 35.9 Å². The second kappa shape index (κ2) is 19.8. The van der Waals surface area contributed by atoms with Gasteiger partial charge in [-0.3, -0.25) is 29.4 Å². The molecule has 63 heavy (non-hydrogen) atoms. The van der Waals surface area contributed by atoms with Gasteiger partial charge in [0.1, 0.15) is 30.6 Å². The number of nitrogens with zero attached hydrogens (tertiary/aromatic N) is 6. The number of benzene rings is 3. The molecule has 2 amide bonds. The maximum atomic E-state index is 14.7. The van der Waals surface area contributed by atoms with E-state index in [-0.39, 0.29) is 38.3 Å². The number of carbonyl (C=O) groups excluding carboxylic acids is 2. The Morgan fingerprint density at radius 3 is 1.83 bits per heavy atom. The Bertz CT molecular complexity index is 2900. The number of carbonyl (C=O) groups is 2. The summed E-state index contributed by atoms with van der Waals surface area (Å²) in [5, 5.41) is 46.3. The lowest BCUT2D eigenvalue weighted by molar-refractivity contribution is -0.132. The molecule has 3 aromatic carbocycles. The van der Waals surface area contributed by atoms with Gasteiger partial charge in [0.2, 0.25) is 0 Å². The summed E-state index contributed by atoms with van der Waals surface area (Å²) in [5.74, 6) is 3.68. The molecule has 3 atom stereocenters. The molecule has 0 radical (unpaired) electrons. The van der Waals surface area contributed by atoms with Gasteiger partial charge < -0.3 is 14.9 Å². The Balaban J connectivity index is 0.000000240. The van der Waals surface area contributed by atoms with Crippen molar-refractivity contribution < 1.29 is 56.2 Å². The van der Waals surface area contributed by atoms with E-state index in [0.717, 1.165) is 23.5 Å². The molecule has 3 aromatic heterocycles. The highest BCUT2D eigenvalue weighted by molar-refractivity contribution is 7.93. The lowest BCUT2D eigenvalue weighted by atomic mass is 10.0. The predicted molar refractivity (Wildman–Crippen MR) is 227 cm³/mol. The number of ether oxygens (including phenoxy) is 1. The van der Waals surface area contributed by atoms with Crippen LogP contribution in [0.25, 0.3) is 32.9 Å². The Morgan fingerprint density at radius 2 is 1.32 bits per heavy atom. The molecule has 22 heteroatoms. The van der Waals surface area contributed by atoms with Crippen LogP contribution in [0.3, 0.4) is 0 Å². The Labute approximate surface area is 361 Å². The molecule has 0 unspecified atom stereocenters. The van der Waals surface area contributed by atoms with Gasteiger partial charge in [-0.1, -0.05) is 17.9 Å². The zero-order chi connectivity index (χ0) is 46.2. The van der Waals surface area contributed by atoms with E-state index >= 15 is 0 Å². The number of halogens is 1. The maximum absolute atomic E-state index is 14.7. The van der Waals surface area contributed by atoms with Gasteiger partial charge in [-0.2, -0.15) is 10.2 Å². The number of aryl methyl sites for hydroxylation is 2. The Hall–Kier alpha value is -6.35. The van der Waals surface area contributed by atoms with Crippen molar-refractivity contribution in [2.75, 3.05) is 25.7 Å². The van der Waals surface area contributed by atoms with Crippen molar-refractivity contribution in [3.8, 4) is 28.7 Å². The summed E-state index contributed by atoms with van der Waals surface area (Å²) in [4.78, 5) is 31.7. The van der Waals surface area contributed by atoms with E-state index in [4.69, 9.17) is 20.3 Å². The average molecular weight is 909 g/mol. The molecule has 0 saturated carbocycles. The molecular formula is C41H45FN8O11S2. The van der Waals surface area contributed by atoms with Crippen molar-refractivity contribution in [3.63, 3.8) is 0 Å². The van der Waals surface area contributed by atoms with Crippen molar-refractivity contribution in [2.45, 2.75) is 55.4 Å². The van der Waals surface area contributed by atoms with Crippen LogP contribution in [0.5, 0.6) is 5.75 Å². The number of amides is 2. The molecule has 6 rings (SSSR count). The number of fused-ring (bicyclic) bond motifs is 2. The monoisotopic (exact) mass is 908 g/mol. The molecule has 0 saturated heterocycles. The van der Waals surface area contributed by atoms with Crippen molar-refractivity contribution in [3.05, 3.63) is 103 Å². The molecule has 0 aliphatic heterocycles. The van der Waals surface area contributed by atoms with Gasteiger partial charge in [0.25, 0.3) is 11.8 Å². The zero-order valence-electron chi connectivity index (χ0n) is 34.4. The van der Waals surface area contributed by atoms with Gasteiger partial charge in [-0.25, -0.2) is 42.2 Å². The number of aliphatic hydroxyl groups excluding tert-OH is 2. The molecule has 0 spiro atoms. The van der Waals surface area contributed by atoms with E-state index in [1.807, 2.05) is 18.2 Å². The number of aromatic nitrogens is 6. The van der Waals surface area contributed by atoms with Crippen molar-refractivity contribution in [1.29, 1.82) is 0 Å². The molecule has 334 valence electrons. The summed E-state index contributed by atoms with van der Waals surface area (Å²) in [6.45, 7) is 2.14. The third kappa shape index (κ3) is 11.4. The minimum atomic E-state index is -3.83. The van der Waals surface area contributed by atoms with E-state index in [0.29, 0.717) is 33.1 Å². The van der Waals surface area contributed by atoms with Crippen LogP contribution in [0.1, 0.15) is 37.8 Å². The predicted octanol–water partition coefficient (Wildman–Crippen LogP) is 2.20. The number of hydroxylamine groups is 2. The zero-order valence-corrected chi connectivity index (χ0v) is 36.1. The van der Waals surface area contributed by atoms with Crippen molar-refractivity contribution >= 4 is 53.3 Å². The minimum absolute atomic E-state index is 0.0487. The Kier molecular flexibility index (Phi) is 15.0. The summed E-state index contributed by atoms with van der Waals surface area (Å²) in [6.07, 6.45) is 8.75. The minimum Gasteiger partial charge on any atom is -0.491 e. The van der Waals surface area contributed by atoms with Crippen molar-refractivity contribution in [1.82, 2.24) is 40.5 Å². The quantitative estimate of drug-likeness (QED) is 0.0490. The first kappa shape index (κ1) is 47.7. The third-order valence-electron chi connectivity index (χ3n) is 10.4. The topological polar surface area (TPSA) is 278 Å². The molecule has 0 bridgehead atoms. The fraction of sp³-hybridized carbons (Fsp3) is 0.317. The fourth-order valence-corrected chi connectivity index (χ4v) is 7.72. The van der Waals surface area contributed by atoms with E-state index in [2.05, 4.69) is 32.0 Å². The molecule has 19 nitrogen and oxygen atoms in total. The normalized spacial score (nSPS) is 14.0. The first-order chi connectivity index (χ1) is 29.7. The van der Waals surface area contributed by atoms with Crippen LogP contribution in [0.4, 0.5) is 4.39 Å². The smallest absolute Gasteiger partial charge is 0.264 e. The van der Waals surface area contributed by atoms with Gasteiger partial charge in [-0.05, 0) is 74.7 Å². The molecule has 6 N–H and O–H groups in total. The summed E-state index contributed by atoms with van der Waals surface area (Å²) in [7, 11) is -7.59. The Morgan fingerprint density at radius 1 is 0.794 bits per heavy atom. The highest BCUT2D eigenvalue weighted by atomic mass is 32.2. The van der Waals surface area contributed by atoms with Crippen LogP contribution in [-0.2, 0) is 42.4 Å². The van der Waals surface area contributed by atoms with Gasteiger partial charge in [0.05, 0.1) is 23.2 Å². The van der Waals surface area contributed by atoms with Crippen LogP contribution < -0.4 is 15.7 Å². The van der Waals surface area contributed by atoms with Crippen LogP contribution in [0, 0.1) is 17.7 Å². The summed E-state index contributed by atoms with van der Waals surface area (Å²) in [5.41, 5.74) is 6.52. The largest absolute Gasteiger partial charge is 0.491 e. The summed E-state index contributed by atoms with van der Waals surface area (Å²) < 4.78 is 67.8. The maximum Gasteiger partial charge on any atom is 0.264 e. The van der Waals surface area contributed by atoms with E-state index in [1.165, 1.54) is 47.9 Å². The fourth-order valence-electron chi connectivity index (χ4n) is 6.03. The first-order valence-electron chi connectivity index (χ1n) is 18.9. The summed E-state index contributed by atoms with van der Waals surface area (Å²) in [6, 6.07) is 14.9. The van der Waals surface area contributed by atoms with Crippen molar-refractivity contribution in [2.24, 2.45) is 0 Å². The molecule has 0 aliphatic carbocycles. The lowest BCUT2D eigenvalue weighted by Crippen LogP contribution is -2.49. The number of hydrogen-bond donors (Lipinski definition) is 6. The van der Waals surface area contributed by atoms with Gasteiger partial charge >= 0.3 is 0 Å². The second-order valence-electron chi connectivity index (χ2n) is 14.9. The van der Waals surface area contributed by atoms with Crippen LogP contribution in [0.2, 0.25) is 0 Å². The number of nitrogens with one attached hydrogen (secondary N) is 2. The molecule has 0 aliphatic rings. The molecule has 3 heterocycles. The number of rotatable bonds is 15. The van der Waals surface area contributed by atoms with Gasteiger partial charge in [-0.15, -0.1) is 0 Å². The summed E-state index contributed by atoms with van der Waals surface area (Å²) >= 11 is 0. The van der Waals surface area contributed by atoms with Gasteiger partial charge in [0.15, 0.2) is 29.2 Å². The number of aliphatic hydroxyl groups is 2. The standard InChI is InChI=1S/C22H26FN3O7S.C19H19N5O4S/c1-22(21(29)25-30,34(2,31)32)7-8-26-11-15-9-14(3-6-20(15)24-26)18-5-4-17(10-19(18)23)33-13-16(28)12-27;1-19(18(25)23-26,29(2,27)28)7-8-24-12-16-9-14(5-6-17(16)22-24)3-4-15-10-20-13-21-11-15/h3-6,9-11,16,27-28,30H,7-8,12-13H2,1-2H3,(H,25,29);5-6,9-13,26H,7-8H2,1-2H3,(H,23,25)/t16-,22-;19-/m11/s1. The van der Waals surface area contributed by atoms with E-state index in [1.54, 1.807) is 53.7 Å². The van der Waals surface area contributed by atoms with Crippen LogP contribution in [-0.4, -0.2) is 120 Å². The second-order valence-corrected chi connectivity index (χ2v) is 19.8. The number of sulfone groups is 2. The average Bonchev–Trinajstić information content (AvgIpc) is 3.88. The van der Waals surface area contributed by atoms with Crippen LogP contribution in [0.15, 0.2) is 85.7 Å². The highest BCUT2D eigenvalue weighted by Gasteiger charge is 2.44. The molecule has 0 fully saturated rings. The molecule has 6 aromatic rings. The lowest BCUT2D eigenvalue weighted by Gasteiger charge is -2.24. The van der Waals surface area contributed by atoms with Gasteiger partial charge in [0, 0.05) is 78.4 Å². The highest BCUT2D eigenvalue weighted by Crippen LogP contribution is 2.30.